The van der Waals surface area contributed by atoms with Gasteiger partial charge < -0.3 is 24.7 Å². The average molecular weight is 319 g/mol. The summed E-state index contributed by atoms with van der Waals surface area (Å²) in [4.78, 5) is 21.5. The van der Waals surface area contributed by atoms with Crippen LogP contribution in [0.5, 0.6) is 0 Å². The summed E-state index contributed by atoms with van der Waals surface area (Å²) in [6.45, 7) is 3.12. The summed E-state index contributed by atoms with van der Waals surface area (Å²) in [5.74, 6) is -1.80. The van der Waals surface area contributed by atoms with E-state index in [1.807, 2.05) is 6.92 Å². The summed E-state index contributed by atoms with van der Waals surface area (Å²) in [6.07, 6.45) is -2.33. The minimum absolute atomic E-state index is 0.155. The number of nitrogens with zero attached hydrogens (tertiary/aromatic N) is 1. The second-order valence-corrected chi connectivity index (χ2v) is 6.34. The van der Waals surface area contributed by atoms with Gasteiger partial charge in [-0.3, -0.25) is 9.51 Å². The maximum Gasteiger partial charge on any atom is 0.469 e. The number of phosphoric ester groups is 1. The maximum absolute atomic E-state index is 10.7. The molecule has 0 aliphatic carbocycles. The van der Waals surface area contributed by atoms with Crippen LogP contribution in [0.2, 0.25) is 0 Å². The molecule has 0 saturated carbocycles. The third-order valence-corrected chi connectivity index (χ3v) is 3.90. The van der Waals surface area contributed by atoms with Crippen LogP contribution in [0.4, 0.5) is 0 Å². The van der Waals surface area contributed by atoms with E-state index in [0.717, 1.165) is 5.56 Å². The molecule has 1 aliphatic heterocycles. The van der Waals surface area contributed by atoms with Gasteiger partial charge in [0.15, 0.2) is 0 Å². The van der Waals surface area contributed by atoms with E-state index < -0.39 is 32.4 Å². The van der Waals surface area contributed by atoms with Crippen LogP contribution >= 0.6 is 7.82 Å². The smallest absolute Gasteiger partial charge is 0.390 e. The Morgan fingerprint density at radius 3 is 2.71 bits per heavy atom. The van der Waals surface area contributed by atoms with Crippen LogP contribution < -0.4 is 0 Å². The summed E-state index contributed by atoms with van der Waals surface area (Å²) < 4.78 is 20.3. The molecule has 8 nitrogen and oxygen atoms in total. The van der Waals surface area contributed by atoms with E-state index in [9.17, 15) is 14.8 Å². The highest BCUT2D eigenvalue weighted by Crippen LogP contribution is 2.40. The summed E-state index contributed by atoms with van der Waals surface area (Å²) >= 11 is 0. The van der Waals surface area contributed by atoms with Crippen molar-refractivity contribution in [2.75, 3.05) is 6.61 Å². The van der Waals surface area contributed by atoms with Crippen molar-refractivity contribution in [2.45, 2.75) is 38.3 Å². The SMILES string of the molecule is Cc1ccc([C@]2(O)C[C@H](O)[C@@H](COP(=O)(O)O)O2)nc1C. The highest BCUT2D eigenvalue weighted by Gasteiger charge is 2.47. The van der Waals surface area contributed by atoms with E-state index in [-0.39, 0.29) is 12.1 Å². The van der Waals surface area contributed by atoms with Crippen LogP contribution in [0.15, 0.2) is 12.1 Å². The van der Waals surface area contributed by atoms with Crippen LogP contribution in [0.3, 0.4) is 0 Å². The van der Waals surface area contributed by atoms with Crippen LogP contribution in [0.1, 0.15) is 23.4 Å². The highest BCUT2D eigenvalue weighted by atomic mass is 31.2. The van der Waals surface area contributed by atoms with E-state index in [2.05, 4.69) is 9.51 Å². The number of hydrogen-bond acceptors (Lipinski definition) is 6. The molecule has 1 aliphatic rings. The summed E-state index contributed by atoms with van der Waals surface area (Å²) in [5.41, 5.74) is 1.90. The molecule has 0 amide bonds. The van der Waals surface area contributed by atoms with Crippen LogP contribution in [0, 0.1) is 13.8 Å². The predicted molar refractivity (Wildman–Crippen MR) is 71.1 cm³/mol. The fourth-order valence-corrected chi connectivity index (χ4v) is 2.46. The first kappa shape index (κ1) is 16.5. The third kappa shape index (κ3) is 3.87. The molecular weight excluding hydrogens is 301 g/mol. The number of pyridine rings is 1. The first-order valence-corrected chi connectivity index (χ1v) is 7.87. The molecule has 1 aromatic rings. The zero-order valence-corrected chi connectivity index (χ0v) is 12.5. The van der Waals surface area contributed by atoms with Crippen molar-refractivity contribution in [1.82, 2.24) is 4.98 Å². The Labute approximate surface area is 121 Å². The Bertz CT molecular complexity index is 575. The van der Waals surface area contributed by atoms with Crippen molar-refractivity contribution in [3.63, 3.8) is 0 Å². The standard InChI is InChI=1S/C12H18NO7P/c1-7-3-4-11(13-8(7)2)12(15)5-9(14)10(20-12)6-19-21(16,17)18/h3-4,9-10,14-15H,5-6H2,1-2H3,(H2,16,17,18)/t9-,10+,12-/m0/s1. The Morgan fingerprint density at radius 1 is 1.48 bits per heavy atom. The highest BCUT2D eigenvalue weighted by molar-refractivity contribution is 7.46. The zero-order chi connectivity index (χ0) is 15.8. The summed E-state index contributed by atoms with van der Waals surface area (Å²) in [6, 6.07) is 3.35. The molecule has 2 heterocycles. The van der Waals surface area contributed by atoms with Crippen molar-refractivity contribution >= 4 is 7.82 Å². The van der Waals surface area contributed by atoms with Crippen LogP contribution in [0.25, 0.3) is 0 Å². The predicted octanol–water partition coefficient (Wildman–Crippen LogP) is 0.103. The first-order chi connectivity index (χ1) is 9.61. The fourth-order valence-electron chi connectivity index (χ4n) is 2.12. The molecule has 118 valence electrons. The minimum Gasteiger partial charge on any atom is -0.390 e. The van der Waals surface area contributed by atoms with Gasteiger partial charge in [-0.25, -0.2) is 4.57 Å². The molecule has 0 bridgehead atoms. The number of aliphatic hydroxyl groups excluding tert-OH is 1. The number of aliphatic hydroxyl groups is 2. The molecule has 1 aromatic heterocycles. The van der Waals surface area contributed by atoms with E-state index >= 15 is 0 Å². The lowest BCUT2D eigenvalue weighted by molar-refractivity contribution is -0.208. The molecule has 0 radical (unpaired) electrons. The molecule has 9 heteroatoms. The number of phosphoric acid groups is 1. The molecule has 0 unspecified atom stereocenters. The molecule has 4 N–H and O–H groups in total. The number of ether oxygens (including phenoxy) is 1. The third-order valence-electron chi connectivity index (χ3n) is 3.42. The van der Waals surface area contributed by atoms with Gasteiger partial charge in [-0.1, -0.05) is 6.07 Å². The number of rotatable bonds is 4. The summed E-state index contributed by atoms with van der Waals surface area (Å²) in [7, 11) is -4.66. The number of aryl methyl sites for hydroxylation is 2. The number of hydrogen-bond donors (Lipinski definition) is 4. The first-order valence-electron chi connectivity index (χ1n) is 6.34. The molecule has 0 spiro atoms. The minimum atomic E-state index is -4.66. The Hall–Kier alpha value is -0.860. The molecule has 1 saturated heterocycles. The zero-order valence-electron chi connectivity index (χ0n) is 11.6. The van der Waals surface area contributed by atoms with Gasteiger partial charge in [0.05, 0.1) is 18.4 Å². The molecule has 1 fully saturated rings. The largest absolute Gasteiger partial charge is 0.469 e. The van der Waals surface area contributed by atoms with E-state index in [0.29, 0.717) is 5.69 Å². The van der Waals surface area contributed by atoms with Gasteiger partial charge in [0.2, 0.25) is 5.79 Å². The van der Waals surface area contributed by atoms with Crippen molar-refractivity contribution in [2.24, 2.45) is 0 Å². The van der Waals surface area contributed by atoms with E-state index in [1.54, 1.807) is 19.1 Å². The fraction of sp³-hybridized carbons (Fsp3) is 0.583. The van der Waals surface area contributed by atoms with Crippen molar-refractivity contribution in [3.8, 4) is 0 Å². The van der Waals surface area contributed by atoms with Crippen molar-refractivity contribution in [1.29, 1.82) is 0 Å². The van der Waals surface area contributed by atoms with Gasteiger partial charge in [0.1, 0.15) is 6.10 Å². The van der Waals surface area contributed by atoms with Gasteiger partial charge >= 0.3 is 7.82 Å². The Morgan fingerprint density at radius 2 is 2.14 bits per heavy atom. The molecular formula is C12H18NO7P. The lowest BCUT2D eigenvalue weighted by Crippen LogP contribution is -2.29. The van der Waals surface area contributed by atoms with Crippen LogP contribution in [-0.4, -0.2) is 43.8 Å². The maximum atomic E-state index is 10.7. The van der Waals surface area contributed by atoms with E-state index in [4.69, 9.17) is 14.5 Å². The monoisotopic (exact) mass is 319 g/mol. The molecule has 0 aromatic carbocycles. The normalized spacial score (nSPS) is 29.8. The molecule has 3 atom stereocenters. The number of aromatic nitrogens is 1. The quantitative estimate of drug-likeness (QED) is 0.575. The van der Waals surface area contributed by atoms with E-state index in [1.165, 1.54) is 0 Å². The van der Waals surface area contributed by atoms with Gasteiger partial charge in [-0.05, 0) is 25.5 Å². The average Bonchev–Trinajstić information content (AvgIpc) is 2.65. The van der Waals surface area contributed by atoms with Crippen molar-refractivity contribution in [3.05, 3.63) is 29.1 Å². The lowest BCUT2D eigenvalue weighted by Gasteiger charge is -2.23. The Balaban J connectivity index is 2.14. The molecule has 2 rings (SSSR count). The van der Waals surface area contributed by atoms with Crippen molar-refractivity contribution < 1.29 is 33.8 Å². The second kappa shape index (κ2) is 5.73. The summed E-state index contributed by atoms with van der Waals surface area (Å²) in [5, 5.41) is 20.3. The van der Waals surface area contributed by atoms with Gasteiger partial charge in [0.25, 0.3) is 0 Å². The van der Waals surface area contributed by atoms with Crippen LogP contribution in [-0.2, 0) is 19.6 Å². The van der Waals surface area contributed by atoms with Gasteiger partial charge in [-0.2, -0.15) is 0 Å². The van der Waals surface area contributed by atoms with Gasteiger partial charge in [0, 0.05) is 12.1 Å². The van der Waals surface area contributed by atoms with Gasteiger partial charge in [-0.15, -0.1) is 0 Å². The molecule has 21 heavy (non-hydrogen) atoms. The lowest BCUT2D eigenvalue weighted by atomic mass is 10.0. The second-order valence-electron chi connectivity index (χ2n) is 5.10. The Kier molecular flexibility index (Phi) is 4.51. The topological polar surface area (TPSA) is 129 Å².